The summed E-state index contributed by atoms with van der Waals surface area (Å²) < 4.78 is 2.53. The number of rotatable bonds is 8. The van der Waals surface area contributed by atoms with Gasteiger partial charge in [0.2, 0.25) is 0 Å². The van der Waals surface area contributed by atoms with Crippen molar-refractivity contribution in [3.05, 3.63) is 242 Å². The summed E-state index contributed by atoms with van der Waals surface area (Å²) in [6.45, 7) is 2.16. The standard InChI is InChI=1S/C59H42N2/c1-41-33-35-46(36-34-41)50-26-15-28-52(51-27-14-22-44-21-8-9-23-48(44)51)59(50)61-55-30-13-11-25-53(55)58-56(31-16-32-57(58)61)60(47-39-37-43(38-40-47)42-17-4-2-5-18-42)54-29-12-10-24-49(54)45-19-6-3-7-20-45/h2-40H,1H3. The van der Waals surface area contributed by atoms with Crippen LogP contribution in [0.2, 0.25) is 0 Å². The fourth-order valence-electron chi connectivity index (χ4n) is 9.23. The Kier molecular flexibility index (Phi) is 9.09. The van der Waals surface area contributed by atoms with E-state index in [9.17, 15) is 0 Å². The molecule has 0 aliphatic rings. The van der Waals surface area contributed by atoms with Crippen LogP contribution in [0.25, 0.3) is 82.8 Å². The van der Waals surface area contributed by atoms with Crippen molar-refractivity contribution < 1.29 is 0 Å². The maximum atomic E-state index is 2.53. The van der Waals surface area contributed by atoms with Crippen molar-refractivity contribution in [2.75, 3.05) is 4.90 Å². The van der Waals surface area contributed by atoms with Crippen LogP contribution in [0.5, 0.6) is 0 Å². The van der Waals surface area contributed by atoms with E-state index < -0.39 is 0 Å². The van der Waals surface area contributed by atoms with E-state index in [1.165, 1.54) is 71.6 Å². The highest BCUT2D eigenvalue weighted by atomic mass is 15.2. The van der Waals surface area contributed by atoms with Gasteiger partial charge in [-0.15, -0.1) is 0 Å². The quantitative estimate of drug-likeness (QED) is 0.149. The van der Waals surface area contributed by atoms with Crippen molar-refractivity contribution in [3.63, 3.8) is 0 Å². The molecule has 0 radical (unpaired) electrons. The highest BCUT2D eigenvalue weighted by molar-refractivity contribution is 6.18. The zero-order valence-electron chi connectivity index (χ0n) is 33.9. The molecule has 0 saturated carbocycles. The molecule has 61 heavy (non-hydrogen) atoms. The van der Waals surface area contributed by atoms with Crippen LogP contribution in [-0.2, 0) is 0 Å². The highest BCUT2D eigenvalue weighted by Crippen LogP contribution is 2.49. The normalized spacial score (nSPS) is 11.4. The summed E-state index contributed by atoms with van der Waals surface area (Å²) in [6.07, 6.45) is 0. The number of aromatic nitrogens is 1. The van der Waals surface area contributed by atoms with Crippen LogP contribution in [0.1, 0.15) is 5.56 Å². The molecule has 0 unspecified atom stereocenters. The summed E-state index contributed by atoms with van der Waals surface area (Å²) in [6, 6.07) is 86.2. The molecule has 2 nitrogen and oxygen atoms in total. The number of aryl methyl sites for hydroxylation is 1. The van der Waals surface area contributed by atoms with E-state index in [-0.39, 0.29) is 0 Å². The molecule has 2 heteroatoms. The van der Waals surface area contributed by atoms with Crippen molar-refractivity contribution in [2.45, 2.75) is 6.92 Å². The van der Waals surface area contributed by atoms with Crippen LogP contribution in [0.4, 0.5) is 17.1 Å². The molecule has 0 spiro atoms. The van der Waals surface area contributed by atoms with Gasteiger partial charge in [0.15, 0.2) is 0 Å². The molecule has 0 N–H and O–H groups in total. The Morgan fingerprint density at radius 2 is 0.836 bits per heavy atom. The van der Waals surface area contributed by atoms with E-state index in [0.717, 1.165) is 33.8 Å². The summed E-state index contributed by atoms with van der Waals surface area (Å²) in [7, 11) is 0. The number of hydrogen-bond donors (Lipinski definition) is 0. The van der Waals surface area contributed by atoms with Gasteiger partial charge >= 0.3 is 0 Å². The molecule has 10 aromatic carbocycles. The Bertz CT molecular complexity index is 3340. The van der Waals surface area contributed by atoms with Gasteiger partial charge in [-0.25, -0.2) is 0 Å². The fourth-order valence-corrected chi connectivity index (χ4v) is 9.23. The Labute approximate surface area is 356 Å². The average Bonchev–Trinajstić information content (AvgIpc) is 3.67. The summed E-state index contributed by atoms with van der Waals surface area (Å²) in [4.78, 5) is 2.47. The predicted octanol–water partition coefficient (Wildman–Crippen LogP) is 16.4. The lowest BCUT2D eigenvalue weighted by molar-refractivity contribution is 1.18. The summed E-state index contributed by atoms with van der Waals surface area (Å²) in [5.74, 6) is 0. The van der Waals surface area contributed by atoms with Gasteiger partial charge in [0.25, 0.3) is 0 Å². The Balaban J connectivity index is 1.23. The van der Waals surface area contributed by atoms with Crippen LogP contribution in [-0.4, -0.2) is 4.57 Å². The third kappa shape index (κ3) is 6.37. The van der Waals surface area contributed by atoms with Gasteiger partial charge in [0.05, 0.1) is 28.1 Å². The van der Waals surface area contributed by atoms with Crippen LogP contribution in [0.15, 0.2) is 237 Å². The van der Waals surface area contributed by atoms with Crippen LogP contribution in [0, 0.1) is 6.92 Å². The van der Waals surface area contributed by atoms with Gasteiger partial charge in [-0.3, -0.25) is 0 Å². The van der Waals surface area contributed by atoms with Crippen molar-refractivity contribution in [1.82, 2.24) is 4.57 Å². The van der Waals surface area contributed by atoms with E-state index in [2.05, 4.69) is 253 Å². The van der Waals surface area contributed by atoms with E-state index in [4.69, 9.17) is 0 Å². The van der Waals surface area contributed by atoms with Crippen LogP contribution in [0.3, 0.4) is 0 Å². The predicted molar refractivity (Wildman–Crippen MR) is 259 cm³/mol. The average molecular weight is 779 g/mol. The number of anilines is 3. The van der Waals surface area contributed by atoms with Gasteiger partial charge in [-0.1, -0.05) is 206 Å². The highest BCUT2D eigenvalue weighted by Gasteiger charge is 2.25. The third-order valence-electron chi connectivity index (χ3n) is 12.1. The second-order valence-corrected chi connectivity index (χ2v) is 15.7. The van der Waals surface area contributed by atoms with Crippen molar-refractivity contribution >= 4 is 49.6 Å². The Morgan fingerprint density at radius 3 is 1.64 bits per heavy atom. The molecular formula is C59H42N2. The zero-order valence-corrected chi connectivity index (χ0v) is 33.9. The van der Waals surface area contributed by atoms with E-state index >= 15 is 0 Å². The maximum Gasteiger partial charge on any atom is 0.0619 e. The maximum absolute atomic E-state index is 2.53. The van der Waals surface area contributed by atoms with Gasteiger partial charge in [-0.2, -0.15) is 0 Å². The second-order valence-electron chi connectivity index (χ2n) is 15.7. The van der Waals surface area contributed by atoms with E-state index in [0.29, 0.717) is 0 Å². The second kappa shape index (κ2) is 15.3. The SMILES string of the molecule is Cc1ccc(-c2cccc(-c3cccc4ccccc34)c2-n2c3ccccc3c3c(N(c4ccc(-c5ccccc5)cc4)c4ccccc4-c4ccccc4)cccc32)cc1. The van der Waals surface area contributed by atoms with Crippen molar-refractivity contribution in [2.24, 2.45) is 0 Å². The third-order valence-corrected chi connectivity index (χ3v) is 12.1. The molecular weight excluding hydrogens is 737 g/mol. The summed E-state index contributed by atoms with van der Waals surface area (Å²) >= 11 is 0. The first-order valence-electron chi connectivity index (χ1n) is 21.0. The molecule has 1 heterocycles. The van der Waals surface area contributed by atoms with Gasteiger partial charge in [-0.05, 0) is 81.9 Å². The minimum atomic E-state index is 1.09. The van der Waals surface area contributed by atoms with Crippen LogP contribution < -0.4 is 4.90 Å². The molecule has 0 aliphatic heterocycles. The number of benzene rings is 10. The molecule has 0 saturated heterocycles. The number of hydrogen-bond acceptors (Lipinski definition) is 1. The molecule has 11 rings (SSSR count). The largest absolute Gasteiger partial charge is 0.309 e. The topological polar surface area (TPSA) is 8.17 Å². The number of fused-ring (bicyclic) bond motifs is 4. The fraction of sp³-hybridized carbons (Fsp3) is 0.0169. The van der Waals surface area contributed by atoms with E-state index in [1.54, 1.807) is 0 Å². The molecule has 0 atom stereocenters. The minimum absolute atomic E-state index is 1.09. The lowest BCUT2D eigenvalue weighted by Crippen LogP contribution is -2.11. The Morgan fingerprint density at radius 1 is 0.328 bits per heavy atom. The van der Waals surface area contributed by atoms with Gasteiger partial charge in [0.1, 0.15) is 0 Å². The smallest absolute Gasteiger partial charge is 0.0619 e. The van der Waals surface area contributed by atoms with Crippen molar-refractivity contribution in [1.29, 1.82) is 0 Å². The van der Waals surface area contributed by atoms with Gasteiger partial charge in [0, 0.05) is 33.2 Å². The van der Waals surface area contributed by atoms with Crippen LogP contribution >= 0.6 is 0 Å². The first kappa shape index (κ1) is 36.2. The molecule has 11 aromatic rings. The van der Waals surface area contributed by atoms with Gasteiger partial charge < -0.3 is 9.47 Å². The molecule has 0 fully saturated rings. The number of para-hydroxylation sites is 3. The first-order valence-corrected chi connectivity index (χ1v) is 21.0. The molecule has 288 valence electrons. The molecule has 0 bridgehead atoms. The molecule has 0 amide bonds. The minimum Gasteiger partial charge on any atom is -0.309 e. The molecule has 1 aromatic heterocycles. The lowest BCUT2D eigenvalue weighted by Gasteiger charge is -2.29. The zero-order chi connectivity index (χ0) is 40.7. The monoisotopic (exact) mass is 778 g/mol. The Hall–Kier alpha value is -7.94. The first-order chi connectivity index (χ1) is 30.2. The summed E-state index contributed by atoms with van der Waals surface area (Å²) in [5.41, 5.74) is 17.5. The van der Waals surface area contributed by atoms with Crippen molar-refractivity contribution in [3.8, 4) is 50.2 Å². The number of nitrogens with zero attached hydrogens (tertiary/aromatic N) is 2. The summed E-state index contributed by atoms with van der Waals surface area (Å²) in [5, 5.41) is 4.84. The molecule has 0 aliphatic carbocycles. The van der Waals surface area contributed by atoms with E-state index in [1.807, 2.05) is 0 Å². The lowest BCUT2D eigenvalue weighted by atomic mass is 9.92.